The van der Waals surface area contributed by atoms with Crippen LogP contribution in [-0.2, 0) is 62.0 Å². The molecule has 0 aliphatic carbocycles. The molecule has 0 unspecified atom stereocenters. The van der Waals surface area contributed by atoms with Crippen molar-refractivity contribution in [3.63, 3.8) is 0 Å². The fraction of sp³-hybridized carbons (Fsp3) is 0.207. The molecule has 7 N–H and O–H groups in total. The number of fused-ring (bicyclic) bond motifs is 1. The molecule has 24 nitrogen and oxygen atoms in total. The predicted octanol–water partition coefficient (Wildman–Crippen LogP) is 5.13. The van der Waals surface area contributed by atoms with E-state index in [0.29, 0.717) is 6.07 Å². The Bertz CT molecular complexity index is 2830. The van der Waals surface area contributed by atoms with Gasteiger partial charge in [0.05, 0.1) is 27.9 Å². The van der Waals surface area contributed by atoms with Gasteiger partial charge in [0.1, 0.15) is 22.0 Å². The van der Waals surface area contributed by atoms with Crippen molar-refractivity contribution in [2.75, 3.05) is 23.0 Å². The summed E-state index contributed by atoms with van der Waals surface area (Å²) in [5, 5.41) is 43.7. The van der Waals surface area contributed by atoms with E-state index >= 15 is 0 Å². The molecular weight excluding hydrogens is 932 g/mol. The van der Waals surface area contributed by atoms with Crippen molar-refractivity contribution in [1.82, 2.24) is 15.0 Å². The van der Waals surface area contributed by atoms with Crippen LogP contribution >= 0.6 is 11.6 Å². The van der Waals surface area contributed by atoms with Crippen LogP contribution in [0.3, 0.4) is 0 Å². The number of anilines is 3. The zero-order valence-electron chi connectivity index (χ0n) is 30.4. The van der Waals surface area contributed by atoms with Crippen molar-refractivity contribution in [2.45, 2.75) is 37.5 Å². The van der Waals surface area contributed by atoms with Crippen molar-refractivity contribution >= 4 is 97.5 Å². The van der Waals surface area contributed by atoms with Crippen LogP contribution < -0.4 is 10.6 Å². The van der Waals surface area contributed by atoms with E-state index in [-0.39, 0.29) is 33.9 Å². The van der Waals surface area contributed by atoms with Crippen molar-refractivity contribution in [2.24, 2.45) is 10.2 Å². The average Bonchev–Trinajstić information content (AvgIpc) is 3.09. The number of aromatic nitrogens is 3. The second-order valence-electron chi connectivity index (χ2n) is 10.9. The van der Waals surface area contributed by atoms with E-state index in [4.69, 9.17) is 16.2 Å². The van der Waals surface area contributed by atoms with Gasteiger partial charge in [-0.3, -0.25) is 23.8 Å². The third-order valence-electron chi connectivity index (χ3n) is 6.93. The molecule has 0 radical (unpaired) electrons. The summed E-state index contributed by atoms with van der Waals surface area (Å²) < 4.78 is 128. The Labute approximate surface area is 351 Å². The molecule has 1 heterocycles. The smallest absolute Gasteiger partial charge is 0.397 e. The molecule has 4 rings (SSSR count). The molecule has 30 heteroatoms. The van der Waals surface area contributed by atoms with Gasteiger partial charge in [0.15, 0.2) is 15.6 Å². The number of benzene rings is 3. The van der Waals surface area contributed by atoms with E-state index in [2.05, 4.69) is 40.0 Å². The van der Waals surface area contributed by atoms with Crippen molar-refractivity contribution < 1.29 is 84.0 Å². The second-order valence-corrected chi connectivity index (χ2v) is 17.4. The monoisotopic (exact) mass is 962 g/mol. The number of aromatic hydroxyl groups is 2. The Morgan fingerprint density at radius 3 is 2.10 bits per heavy atom. The number of nitrogens with one attached hydrogen (secondary N) is 2. The average molecular weight is 963 g/mol. The van der Waals surface area contributed by atoms with Gasteiger partial charge in [0.2, 0.25) is 17.2 Å². The first-order valence-electron chi connectivity index (χ1n) is 15.6. The fourth-order valence-corrected chi connectivity index (χ4v) is 7.03. The minimum absolute atomic E-state index is 0. The normalized spacial score (nSPS) is 12.7. The summed E-state index contributed by atoms with van der Waals surface area (Å²) in [6.45, 7) is 5.77. The number of allylic oxidation sites excluding steroid dienone is 4. The second kappa shape index (κ2) is 19.9. The van der Waals surface area contributed by atoms with Crippen LogP contribution in [0.15, 0.2) is 79.2 Å². The molecule has 0 aliphatic rings. The first-order valence-corrected chi connectivity index (χ1v) is 21.9. The van der Waals surface area contributed by atoms with Crippen LogP contribution in [0.25, 0.3) is 10.8 Å². The Balaban J connectivity index is 0.00000394. The van der Waals surface area contributed by atoms with E-state index < -0.39 is 124 Å². The molecule has 0 bridgehead atoms. The molecule has 0 amide bonds. The molecule has 3 aromatic carbocycles. The molecule has 0 aliphatic heterocycles. The number of rotatable bonds is 15. The zero-order valence-corrected chi connectivity index (χ0v) is 35.7. The summed E-state index contributed by atoms with van der Waals surface area (Å²) in [6.07, 6.45) is 2.37. The number of phenols is 2. The van der Waals surface area contributed by atoms with Crippen LogP contribution in [0.4, 0.5) is 34.6 Å². The number of halogens is 1. The van der Waals surface area contributed by atoms with Gasteiger partial charge in [0, 0.05) is 45.5 Å². The number of phenolic OH excluding ortho intramolecular Hbond substituents is 2. The molecule has 1 aromatic heterocycles. The minimum atomic E-state index is -5.31. The topological polar surface area (TPSA) is 378 Å². The SMILES string of the molecule is C/C(=C\C=C(/C)S(=O)(=O)CCOS(=O)(=O)O)Nc1nc(Cl)nc(Nc2cc(S(=O)(=O)O)cc3cc(S(=O)(=O)O)c(N=Nc4cc([N+](=O)[O-])ccc4O)c(O)c23)n1.CC.[Cr]. The maximum Gasteiger partial charge on any atom is 0.397 e. The molecule has 0 spiro atoms. The molecule has 0 saturated carbocycles. The van der Waals surface area contributed by atoms with Gasteiger partial charge < -0.3 is 20.8 Å². The number of sulfone groups is 1. The van der Waals surface area contributed by atoms with Crippen LogP contribution in [0.2, 0.25) is 5.28 Å². The number of azo groups is 1. The van der Waals surface area contributed by atoms with Gasteiger partial charge in [-0.1, -0.05) is 13.8 Å². The molecule has 59 heavy (non-hydrogen) atoms. The summed E-state index contributed by atoms with van der Waals surface area (Å²) in [7, 11) is -19.3. The van der Waals surface area contributed by atoms with Gasteiger partial charge >= 0.3 is 10.4 Å². The quantitative estimate of drug-likeness (QED) is 0.0267. The van der Waals surface area contributed by atoms with Crippen LogP contribution in [-0.4, -0.2) is 89.8 Å². The standard InChI is InChI=1S/C27H25ClN8O16S4.C2H6.Cr/c1-13(3-4-14(2)53(41,42)8-7-52-56(49,50)51)29-26-31-25(28)32-27(33-26)30-19-12-17(54(43,44)45)9-15-10-21(55(46,47)48)23(24(38)22(15)19)35-34-18-11-16(36(39)40)5-6-20(18)37;1-2;/h3-6,9-12,37-38H,7-8H2,1-2H3,(H,43,44,45)(H,46,47,48)(H,49,50,51)(H2,29,30,31,32,33);1-2H3;/b13-3+,14-4+,35-34?;;. The molecule has 320 valence electrons. The molecular formula is C29H31ClCrN8O16S4. The molecule has 0 fully saturated rings. The van der Waals surface area contributed by atoms with Crippen LogP contribution in [0, 0.1) is 10.1 Å². The van der Waals surface area contributed by atoms with Gasteiger partial charge in [-0.25, -0.2) is 12.6 Å². The summed E-state index contributed by atoms with van der Waals surface area (Å²) in [5.74, 6) is -3.35. The largest absolute Gasteiger partial charge is 0.506 e. The number of nitro benzene ring substituents is 1. The molecule has 0 saturated heterocycles. The number of nitro groups is 1. The number of hydrogen-bond acceptors (Lipinski definition) is 20. The summed E-state index contributed by atoms with van der Waals surface area (Å²) in [5.41, 5.74) is -2.41. The minimum Gasteiger partial charge on any atom is -0.506 e. The maximum absolute atomic E-state index is 12.4. The van der Waals surface area contributed by atoms with Gasteiger partial charge in [0.25, 0.3) is 25.9 Å². The number of hydrogen-bond donors (Lipinski definition) is 7. The molecule has 0 atom stereocenters. The zero-order chi connectivity index (χ0) is 44.0. The summed E-state index contributed by atoms with van der Waals surface area (Å²) in [6, 6.07) is 4.68. The maximum atomic E-state index is 12.4. The predicted molar refractivity (Wildman–Crippen MR) is 206 cm³/mol. The summed E-state index contributed by atoms with van der Waals surface area (Å²) >= 11 is 6.06. The van der Waals surface area contributed by atoms with E-state index in [1.807, 2.05) is 13.8 Å². The van der Waals surface area contributed by atoms with Crippen LogP contribution in [0.5, 0.6) is 11.5 Å². The first-order chi connectivity index (χ1) is 26.7. The van der Waals surface area contributed by atoms with E-state index in [1.165, 1.54) is 19.9 Å². The van der Waals surface area contributed by atoms with Crippen molar-refractivity contribution in [3.05, 3.63) is 74.6 Å². The first kappa shape index (κ1) is 50.2. The Morgan fingerprint density at radius 1 is 0.898 bits per heavy atom. The van der Waals surface area contributed by atoms with Gasteiger partial charge in [-0.05, 0) is 67.3 Å². The van der Waals surface area contributed by atoms with Gasteiger partial charge in [-0.15, -0.1) is 10.2 Å². The third-order valence-corrected chi connectivity index (χ3v) is 11.1. The number of nitrogens with zero attached hydrogens (tertiary/aromatic N) is 6. The number of non-ortho nitro benzene ring substituents is 1. The molecule has 4 aromatic rings. The van der Waals surface area contributed by atoms with Gasteiger partial charge in [-0.2, -0.15) is 40.2 Å². The Hall–Kier alpha value is -4.93. The van der Waals surface area contributed by atoms with Crippen LogP contribution in [0.1, 0.15) is 27.7 Å². The Morgan fingerprint density at radius 2 is 1.53 bits per heavy atom. The van der Waals surface area contributed by atoms with Crippen molar-refractivity contribution in [1.29, 1.82) is 0 Å². The fourth-order valence-electron chi connectivity index (χ4n) is 4.37. The van der Waals surface area contributed by atoms with Crippen molar-refractivity contribution in [3.8, 4) is 11.5 Å². The Kier molecular flexibility index (Phi) is 16.9. The third kappa shape index (κ3) is 13.8. The van der Waals surface area contributed by atoms with E-state index in [1.54, 1.807) is 0 Å². The summed E-state index contributed by atoms with van der Waals surface area (Å²) in [4.78, 5) is 19.9. The van der Waals surface area contributed by atoms with E-state index in [0.717, 1.165) is 36.4 Å². The van der Waals surface area contributed by atoms with E-state index in [9.17, 15) is 63.1 Å².